The maximum absolute atomic E-state index is 12.2. The third-order valence-corrected chi connectivity index (χ3v) is 3.80. The quantitative estimate of drug-likeness (QED) is 0.532. The van der Waals surface area contributed by atoms with Gasteiger partial charge in [-0.25, -0.2) is 9.59 Å². The third kappa shape index (κ3) is 8.07. The van der Waals surface area contributed by atoms with Gasteiger partial charge in [-0.1, -0.05) is 44.2 Å². The van der Waals surface area contributed by atoms with E-state index in [1.54, 1.807) is 26.0 Å². The van der Waals surface area contributed by atoms with Crippen LogP contribution >= 0.6 is 0 Å². The Morgan fingerprint density at radius 3 is 2.21 bits per heavy atom. The molecule has 0 bridgehead atoms. The summed E-state index contributed by atoms with van der Waals surface area (Å²) in [4.78, 5) is 47.4. The maximum atomic E-state index is 12.2. The minimum Gasteiger partial charge on any atom is -0.467 e. The molecule has 0 saturated carbocycles. The number of ether oxygens (including phenoxy) is 2. The van der Waals surface area contributed by atoms with Crippen LogP contribution in [-0.4, -0.2) is 49.6 Å². The van der Waals surface area contributed by atoms with E-state index in [-0.39, 0.29) is 19.1 Å². The lowest BCUT2D eigenvalue weighted by molar-refractivity contribution is -0.146. The number of esters is 1. The first-order valence-electron chi connectivity index (χ1n) is 8.86. The van der Waals surface area contributed by atoms with Crippen LogP contribution in [0.1, 0.15) is 26.3 Å². The van der Waals surface area contributed by atoms with Crippen molar-refractivity contribution in [2.24, 2.45) is 5.92 Å². The van der Waals surface area contributed by atoms with Crippen molar-refractivity contribution in [1.82, 2.24) is 16.0 Å². The zero-order valence-corrected chi connectivity index (χ0v) is 16.5. The summed E-state index contributed by atoms with van der Waals surface area (Å²) >= 11 is 0. The average molecular weight is 393 g/mol. The van der Waals surface area contributed by atoms with Gasteiger partial charge in [-0.05, 0) is 18.4 Å². The van der Waals surface area contributed by atoms with E-state index in [2.05, 4.69) is 20.7 Å². The van der Waals surface area contributed by atoms with Crippen LogP contribution in [0, 0.1) is 5.92 Å². The zero-order valence-electron chi connectivity index (χ0n) is 16.5. The molecule has 1 aromatic rings. The van der Waals surface area contributed by atoms with E-state index in [1.807, 2.05) is 18.2 Å². The summed E-state index contributed by atoms with van der Waals surface area (Å²) in [6, 6.07) is 7.38. The fraction of sp³-hybridized carbons (Fsp3) is 0.474. The number of benzene rings is 1. The van der Waals surface area contributed by atoms with Crippen molar-refractivity contribution < 1.29 is 28.7 Å². The minimum absolute atomic E-state index is 0.0806. The summed E-state index contributed by atoms with van der Waals surface area (Å²) in [7, 11) is 1.23. The Kier molecular flexibility index (Phi) is 9.49. The summed E-state index contributed by atoms with van der Waals surface area (Å²) in [6.07, 6.45) is -0.748. The molecule has 9 nitrogen and oxygen atoms in total. The Bertz CT molecular complexity index is 678. The molecule has 0 aliphatic heterocycles. The van der Waals surface area contributed by atoms with E-state index >= 15 is 0 Å². The normalized spacial score (nSPS) is 12.5. The Balaban J connectivity index is 2.37. The zero-order chi connectivity index (χ0) is 21.1. The summed E-state index contributed by atoms with van der Waals surface area (Å²) < 4.78 is 9.64. The van der Waals surface area contributed by atoms with Crippen LogP contribution in [0.25, 0.3) is 0 Å². The van der Waals surface area contributed by atoms with Crippen LogP contribution in [0.4, 0.5) is 4.79 Å². The van der Waals surface area contributed by atoms with Gasteiger partial charge in [-0.2, -0.15) is 0 Å². The fourth-order valence-corrected chi connectivity index (χ4v) is 2.19. The number of hydrogen-bond donors (Lipinski definition) is 3. The van der Waals surface area contributed by atoms with Gasteiger partial charge in [-0.3, -0.25) is 9.59 Å². The molecule has 0 aliphatic rings. The van der Waals surface area contributed by atoms with Crippen molar-refractivity contribution in [2.45, 2.75) is 39.5 Å². The van der Waals surface area contributed by atoms with Crippen molar-refractivity contribution >= 4 is 23.9 Å². The largest absolute Gasteiger partial charge is 0.467 e. The van der Waals surface area contributed by atoms with Gasteiger partial charge in [0.1, 0.15) is 25.2 Å². The van der Waals surface area contributed by atoms with Crippen molar-refractivity contribution in [3.05, 3.63) is 35.9 Å². The van der Waals surface area contributed by atoms with Gasteiger partial charge in [0, 0.05) is 0 Å². The highest BCUT2D eigenvalue weighted by Crippen LogP contribution is 2.04. The van der Waals surface area contributed by atoms with Crippen molar-refractivity contribution in [2.75, 3.05) is 13.7 Å². The van der Waals surface area contributed by atoms with Crippen LogP contribution in [0.2, 0.25) is 0 Å². The predicted octanol–water partition coefficient (Wildman–Crippen LogP) is 0.731. The first-order chi connectivity index (χ1) is 13.2. The molecule has 9 heteroatoms. The molecule has 0 spiro atoms. The lowest BCUT2D eigenvalue weighted by atomic mass is 10.0. The van der Waals surface area contributed by atoms with Gasteiger partial charge in [0.05, 0.1) is 7.11 Å². The fourth-order valence-electron chi connectivity index (χ4n) is 2.19. The van der Waals surface area contributed by atoms with E-state index in [4.69, 9.17) is 4.74 Å². The Hall–Kier alpha value is -3.10. The minimum atomic E-state index is -0.902. The Morgan fingerprint density at radius 1 is 1.00 bits per heavy atom. The standard InChI is InChI=1S/C19H27N3O6/c1-12(2)16(18(25)27-4)22-17(24)13(3)21-15(23)10-20-19(26)28-11-14-8-6-5-7-9-14/h5-9,12-13,16H,10-11H2,1-4H3,(H,20,26)(H,21,23)(H,22,24)/t13-,16-/m0/s1. The molecule has 1 rings (SSSR count). The SMILES string of the molecule is COC(=O)[C@@H](NC(=O)[C@H](C)NC(=O)CNC(=O)OCc1ccccc1)C(C)C. The smallest absolute Gasteiger partial charge is 0.407 e. The topological polar surface area (TPSA) is 123 Å². The lowest BCUT2D eigenvalue weighted by Gasteiger charge is -2.22. The predicted molar refractivity (Wildman–Crippen MR) is 101 cm³/mol. The molecule has 0 fully saturated rings. The van der Waals surface area contributed by atoms with E-state index < -0.39 is 36.0 Å². The van der Waals surface area contributed by atoms with Gasteiger partial charge in [-0.15, -0.1) is 0 Å². The molecule has 0 heterocycles. The van der Waals surface area contributed by atoms with Gasteiger partial charge >= 0.3 is 12.1 Å². The molecular formula is C19H27N3O6. The van der Waals surface area contributed by atoms with E-state index in [0.29, 0.717) is 0 Å². The molecule has 0 saturated heterocycles. The van der Waals surface area contributed by atoms with Gasteiger partial charge < -0.3 is 25.4 Å². The molecule has 0 aliphatic carbocycles. The summed E-state index contributed by atoms with van der Waals surface area (Å²) in [5.74, 6) is -1.85. The van der Waals surface area contributed by atoms with E-state index in [0.717, 1.165) is 5.56 Å². The van der Waals surface area contributed by atoms with Crippen LogP contribution < -0.4 is 16.0 Å². The number of nitrogens with one attached hydrogen (secondary N) is 3. The van der Waals surface area contributed by atoms with Gasteiger partial charge in [0.2, 0.25) is 11.8 Å². The maximum Gasteiger partial charge on any atom is 0.407 e. The number of alkyl carbamates (subject to hydrolysis) is 1. The summed E-state index contributed by atoms with van der Waals surface area (Å²) in [6.45, 7) is 4.72. The molecule has 1 aromatic carbocycles. The molecule has 28 heavy (non-hydrogen) atoms. The first kappa shape index (κ1) is 22.9. The Labute approximate surface area is 164 Å². The second-order valence-electron chi connectivity index (χ2n) is 6.46. The molecule has 0 radical (unpaired) electrons. The second kappa shape index (κ2) is 11.6. The number of amides is 3. The monoisotopic (exact) mass is 393 g/mol. The molecule has 3 N–H and O–H groups in total. The van der Waals surface area contributed by atoms with Crippen LogP contribution in [0.3, 0.4) is 0 Å². The number of carbonyl (C=O) groups is 4. The van der Waals surface area contributed by atoms with Crippen LogP contribution in [0.5, 0.6) is 0 Å². The summed E-state index contributed by atoms with van der Waals surface area (Å²) in [5.41, 5.74) is 0.817. The second-order valence-corrected chi connectivity index (χ2v) is 6.46. The molecule has 0 aromatic heterocycles. The number of methoxy groups -OCH3 is 1. The molecule has 3 amide bonds. The first-order valence-corrected chi connectivity index (χ1v) is 8.86. The number of hydrogen-bond acceptors (Lipinski definition) is 6. The van der Waals surface area contributed by atoms with E-state index in [9.17, 15) is 19.2 Å². The Morgan fingerprint density at radius 2 is 1.64 bits per heavy atom. The molecule has 0 unspecified atom stereocenters. The van der Waals surface area contributed by atoms with Crippen molar-refractivity contribution in [3.63, 3.8) is 0 Å². The van der Waals surface area contributed by atoms with Gasteiger partial charge in [0.25, 0.3) is 0 Å². The molecule has 154 valence electrons. The third-order valence-electron chi connectivity index (χ3n) is 3.80. The highest BCUT2D eigenvalue weighted by molar-refractivity contribution is 5.91. The average Bonchev–Trinajstić information content (AvgIpc) is 2.68. The highest BCUT2D eigenvalue weighted by Gasteiger charge is 2.27. The number of rotatable bonds is 9. The molecular weight excluding hydrogens is 366 g/mol. The van der Waals surface area contributed by atoms with E-state index in [1.165, 1.54) is 14.0 Å². The van der Waals surface area contributed by atoms with Gasteiger partial charge in [0.15, 0.2) is 0 Å². The van der Waals surface area contributed by atoms with Crippen LogP contribution in [-0.2, 0) is 30.5 Å². The van der Waals surface area contributed by atoms with Crippen molar-refractivity contribution in [3.8, 4) is 0 Å². The van der Waals surface area contributed by atoms with Crippen molar-refractivity contribution in [1.29, 1.82) is 0 Å². The number of carbonyl (C=O) groups excluding carboxylic acids is 4. The molecule has 2 atom stereocenters. The van der Waals surface area contributed by atoms with Crippen LogP contribution in [0.15, 0.2) is 30.3 Å². The lowest BCUT2D eigenvalue weighted by Crippen LogP contribution is -2.53. The highest BCUT2D eigenvalue weighted by atomic mass is 16.5. The summed E-state index contributed by atoms with van der Waals surface area (Å²) in [5, 5.41) is 7.28.